The van der Waals surface area contributed by atoms with Crippen molar-refractivity contribution in [2.45, 2.75) is 31.6 Å². The smallest absolute Gasteiger partial charge is 0.314 e. The Morgan fingerprint density at radius 1 is 1.53 bits per heavy atom. The summed E-state index contributed by atoms with van der Waals surface area (Å²) in [7, 11) is 1.57. The topological polar surface area (TPSA) is 46.5 Å². The maximum atomic E-state index is 11.3. The first-order valence-corrected chi connectivity index (χ1v) is 6.03. The van der Waals surface area contributed by atoms with Gasteiger partial charge in [0.05, 0.1) is 17.5 Å². The van der Waals surface area contributed by atoms with Crippen LogP contribution >= 0.6 is 11.6 Å². The molecule has 1 N–H and O–H groups in total. The quantitative estimate of drug-likeness (QED) is 0.898. The summed E-state index contributed by atoms with van der Waals surface area (Å²) in [6, 6.07) is 3.63. The van der Waals surface area contributed by atoms with E-state index in [2.05, 4.69) is 0 Å². The van der Waals surface area contributed by atoms with Crippen LogP contribution in [0.4, 0.5) is 0 Å². The maximum absolute atomic E-state index is 11.3. The standard InChI is InChI=1S/C13H15ClO3/c1-3-8-6-9(7-10(14)11(8)17-2)13(4-5-13)12(15)16/h6-7H,3-5H2,1-2H3,(H,15,16). The minimum atomic E-state index is -0.763. The Balaban J connectivity index is 2.51. The van der Waals surface area contributed by atoms with Crippen molar-refractivity contribution in [1.82, 2.24) is 0 Å². The maximum Gasteiger partial charge on any atom is 0.314 e. The molecule has 1 aromatic rings. The number of ether oxygens (including phenoxy) is 1. The van der Waals surface area contributed by atoms with Crippen LogP contribution in [0.1, 0.15) is 30.9 Å². The minimum absolute atomic E-state index is 0.495. The molecule has 0 aromatic heterocycles. The Morgan fingerprint density at radius 2 is 2.18 bits per heavy atom. The molecule has 0 radical (unpaired) electrons. The van der Waals surface area contributed by atoms with Gasteiger partial charge in [0.25, 0.3) is 0 Å². The van der Waals surface area contributed by atoms with E-state index in [-0.39, 0.29) is 0 Å². The van der Waals surface area contributed by atoms with Crippen LogP contribution in [0, 0.1) is 0 Å². The number of benzene rings is 1. The average molecular weight is 255 g/mol. The van der Waals surface area contributed by atoms with Crippen LogP contribution in [0.3, 0.4) is 0 Å². The number of carboxylic acid groups (broad SMARTS) is 1. The first kappa shape index (κ1) is 12.2. The molecule has 17 heavy (non-hydrogen) atoms. The number of hydrogen-bond donors (Lipinski definition) is 1. The number of rotatable bonds is 4. The highest BCUT2D eigenvalue weighted by Crippen LogP contribution is 2.50. The van der Waals surface area contributed by atoms with Gasteiger partial charge in [-0.15, -0.1) is 0 Å². The van der Waals surface area contributed by atoms with Crippen molar-refractivity contribution < 1.29 is 14.6 Å². The van der Waals surface area contributed by atoms with Gasteiger partial charge in [0.15, 0.2) is 0 Å². The van der Waals surface area contributed by atoms with Gasteiger partial charge < -0.3 is 9.84 Å². The zero-order chi connectivity index (χ0) is 12.6. The summed E-state index contributed by atoms with van der Waals surface area (Å²) >= 11 is 6.13. The third kappa shape index (κ3) is 1.89. The van der Waals surface area contributed by atoms with Crippen molar-refractivity contribution in [1.29, 1.82) is 0 Å². The summed E-state index contributed by atoms with van der Waals surface area (Å²) < 4.78 is 5.24. The molecule has 1 aliphatic carbocycles. The summed E-state index contributed by atoms with van der Waals surface area (Å²) in [6.07, 6.45) is 2.15. The van der Waals surface area contributed by atoms with Gasteiger partial charge in [0.1, 0.15) is 5.75 Å². The SMILES string of the molecule is CCc1cc(C2(C(=O)O)CC2)cc(Cl)c1OC. The second kappa shape index (κ2) is 4.22. The Hall–Kier alpha value is -1.22. The van der Waals surface area contributed by atoms with Gasteiger partial charge in [-0.3, -0.25) is 4.79 Å². The highest BCUT2D eigenvalue weighted by Gasteiger charge is 2.52. The molecule has 1 fully saturated rings. The minimum Gasteiger partial charge on any atom is -0.495 e. The fourth-order valence-corrected chi connectivity index (χ4v) is 2.48. The zero-order valence-corrected chi connectivity index (χ0v) is 10.7. The lowest BCUT2D eigenvalue weighted by molar-refractivity contribution is -0.140. The zero-order valence-electron chi connectivity index (χ0n) is 9.92. The summed E-state index contributed by atoms with van der Waals surface area (Å²) in [5.74, 6) is -0.111. The molecule has 0 spiro atoms. The lowest BCUT2D eigenvalue weighted by Crippen LogP contribution is -2.19. The van der Waals surface area contributed by atoms with Gasteiger partial charge in [-0.05, 0) is 36.5 Å². The van der Waals surface area contributed by atoms with E-state index in [1.165, 1.54) is 0 Å². The molecule has 0 unspecified atom stereocenters. The van der Waals surface area contributed by atoms with E-state index in [0.29, 0.717) is 23.6 Å². The number of aryl methyl sites for hydroxylation is 1. The largest absolute Gasteiger partial charge is 0.495 e. The van der Waals surface area contributed by atoms with Gasteiger partial charge in [0, 0.05) is 0 Å². The first-order chi connectivity index (χ1) is 8.05. The molecule has 0 saturated heterocycles. The molecule has 0 heterocycles. The lowest BCUT2D eigenvalue weighted by Gasteiger charge is -2.15. The summed E-state index contributed by atoms with van der Waals surface area (Å²) in [6.45, 7) is 2.00. The molecule has 92 valence electrons. The summed E-state index contributed by atoms with van der Waals surface area (Å²) in [5.41, 5.74) is 1.05. The Kier molecular flexibility index (Phi) is 3.04. The number of hydrogen-bond acceptors (Lipinski definition) is 2. The number of aliphatic carboxylic acids is 1. The first-order valence-electron chi connectivity index (χ1n) is 5.65. The van der Waals surface area contributed by atoms with E-state index >= 15 is 0 Å². The summed E-state index contributed by atoms with van der Waals surface area (Å²) in [5, 5.41) is 9.76. The highest BCUT2D eigenvalue weighted by atomic mass is 35.5. The van der Waals surface area contributed by atoms with Crippen molar-refractivity contribution in [2.75, 3.05) is 7.11 Å². The molecule has 0 atom stereocenters. The normalized spacial score (nSPS) is 16.6. The van der Waals surface area contributed by atoms with Crippen LogP contribution in [-0.4, -0.2) is 18.2 Å². The fraction of sp³-hybridized carbons (Fsp3) is 0.462. The second-order valence-corrected chi connectivity index (χ2v) is 4.80. The predicted molar refractivity (Wildman–Crippen MR) is 65.9 cm³/mol. The van der Waals surface area contributed by atoms with E-state index < -0.39 is 11.4 Å². The Labute approximate surface area is 105 Å². The third-order valence-corrected chi connectivity index (χ3v) is 3.70. The molecular weight excluding hydrogens is 240 g/mol. The fourth-order valence-electron chi connectivity index (χ4n) is 2.17. The van der Waals surface area contributed by atoms with E-state index in [4.69, 9.17) is 16.3 Å². The lowest BCUT2D eigenvalue weighted by atomic mass is 9.93. The molecule has 3 nitrogen and oxygen atoms in total. The molecular formula is C13H15ClO3. The van der Waals surface area contributed by atoms with Crippen molar-refractivity contribution >= 4 is 17.6 Å². The Bertz CT molecular complexity index is 464. The van der Waals surface area contributed by atoms with Crippen LogP contribution < -0.4 is 4.74 Å². The molecule has 0 aliphatic heterocycles. The number of carbonyl (C=O) groups is 1. The van der Waals surface area contributed by atoms with Gasteiger partial charge in [-0.1, -0.05) is 24.6 Å². The number of halogens is 1. The predicted octanol–water partition coefficient (Wildman–Crippen LogP) is 3.03. The van der Waals surface area contributed by atoms with E-state index in [1.54, 1.807) is 13.2 Å². The van der Waals surface area contributed by atoms with Crippen LogP contribution in [0.15, 0.2) is 12.1 Å². The molecule has 4 heteroatoms. The molecule has 2 rings (SSSR count). The van der Waals surface area contributed by atoms with E-state index in [0.717, 1.165) is 17.5 Å². The van der Waals surface area contributed by atoms with Crippen LogP contribution in [0.2, 0.25) is 5.02 Å². The van der Waals surface area contributed by atoms with Gasteiger partial charge >= 0.3 is 5.97 Å². The average Bonchev–Trinajstić information content (AvgIpc) is 3.08. The van der Waals surface area contributed by atoms with Gasteiger partial charge in [-0.2, -0.15) is 0 Å². The van der Waals surface area contributed by atoms with Crippen molar-refractivity contribution in [3.05, 3.63) is 28.3 Å². The molecule has 0 bridgehead atoms. The molecule has 1 aliphatic rings. The third-order valence-electron chi connectivity index (χ3n) is 3.42. The van der Waals surface area contributed by atoms with Crippen LogP contribution in [-0.2, 0) is 16.6 Å². The van der Waals surface area contributed by atoms with Crippen LogP contribution in [0.25, 0.3) is 0 Å². The number of carboxylic acids is 1. The summed E-state index contributed by atoms with van der Waals surface area (Å²) in [4.78, 5) is 11.3. The number of methoxy groups -OCH3 is 1. The van der Waals surface area contributed by atoms with E-state index in [1.807, 2.05) is 13.0 Å². The van der Waals surface area contributed by atoms with Crippen molar-refractivity contribution in [3.63, 3.8) is 0 Å². The molecule has 1 aromatic carbocycles. The molecule has 1 saturated carbocycles. The van der Waals surface area contributed by atoms with Crippen molar-refractivity contribution in [2.24, 2.45) is 0 Å². The van der Waals surface area contributed by atoms with Gasteiger partial charge in [-0.25, -0.2) is 0 Å². The monoisotopic (exact) mass is 254 g/mol. The van der Waals surface area contributed by atoms with Crippen LogP contribution in [0.5, 0.6) is 5.75 Å². The highest BCUT2D eigenvalue weighted by molar-refractivity contribution is 6.32. The van der Waals surface area contributed by atoms with E-state index in [9.17, 15) is 9.90 Å². The molecule has 0 amide bonds. The second-order valence-electron chi connectivity index (χ2n) is 4.39. The Morgan fingerprint density at radius 3 is 2.59 bits per heavy atom. The van der Waals surface area contributed by atoms with Crippen molar-refractivity contribution in [3.8, 4) is 5.75 Å². The van der Waals surface area contributed by atoms with Gasteiger partial charge in [0.2, 0.25) is 0 Å².